The van der Waals surface area contributed by atoms with Crippen LogP contribution in [0.4, 0.5) is 0 Å². The van der Waals surface area contributed by atoms with Crippen molar-refractivity contribution in [2.75, 3.05) is 0 Å². The van der Waals surface area contributed by atoms with E-state index in [1.165, 1.54) is 30.7 Å². The highest BCUT2D eigenvalue weighted by molar-refractivity contribution is 6.93. The Labute approximate surface area is 96.5 Å². The van der Waals surface area contributed by atoms with E-state index < -0.39 is 8.07 Å². The Hall–Kier alpha value is -1.02. The van der Waals surface area contributed by atoms with Crippen molar-refractivity contribution in [3.63, 3.8) is 0 Å². The molecule has 4 rings (SSSR count). The lowest BCUT2D eigenvalue weighted by Crippen LogP contribution is -2.41. The molecule has 0 bridgehead atoms. The Bertz CT molecular complexity index is 549. The smallest absolute Gasteiger partial charge is 0.134 e. The molecule has 0 saturated carbocycles. The summed E-state index contributed by atoms with van der Waals surface area (Å²) < 4.78 is 5.51. The fourth-order valence-electron chi connectivity index (χ4n) is 3.94. The van der Waals surface area contributed by atoms with E-state index in [1.54, 1.807) is 22.8 Å². The van der Waals surface area contributed by atoms with Gasteiger partial charge in [0.25, 0.3) is 0 Å². The first kappa shape index (κ1) is 9.05. The molecule has 0 atom stereocenters. The Morgan fingerprint density at radius 1 is 1.00 bits per heavy atom. The van der Waals surface area contributed by atoms with Gasteiger partial charge in [-0.25, -0.2) is 0 Å². The third kappa shape index (κ3) is 1.01. The van der Waals surface area contributed by atoms with E-state index in [4.69, 9.17) is 4.42 Å². The van der Waals surface area contributed by atoms with Crippen LogP contribution in [0.2, 0.25) is 18.1 Å². The van der Waals surface area contributed by atoms with Gasteiger partial charge < -0.3 is 4.42 Å². The van der Waals surface area contributed by atoms with Crippen molar-refractivity contribution < 1.29 is 4.42 Å². The van der Waals surface area contributed by atoms with Crippen LogP contribution in [-0.2, 0) is 6.42 Å². The number of hydrogen-bond donors (Lipinski definition) is 0. The number of aryl methyl sites for hydroxylation is 1. The lowest BCUT2D eigenvalue weighted by atomic mass is 10.1. The van der Waals surface area contributed by atoms with Gasteiger partial charge >= 0.3 is 0 Å². The first-order valence-corrected chi connectivity index (χ1v) is 9.01. The molecular weight excluding hydrogens is 212 g/mol. The monoisotopic (exact) mass is 228 g/mol. The van der Waals surface area contributed by atoms with Gasteiger partial charge in [-0.3, -0.25) is 0 Å². The third-order valence-corrected chi connectivity index (χ3v) is 10.2. The molecule has 0 radical (unpaired) electrons. The molecule has 3 heterocycles. The van der Waals surface area contributed by atoms with Crippen LogP contribution in [0.1, 0.15) is 18.4 Å². The molecule has 0 aliphatic carbocycles. The van der Waals surface area contributed by atoms with Gasteiger partial charge in [0.1, 0.15) is 5.58 Å². The Kier molecular flexibility index (Phi) is 1.70. The first-order chi connectivity index (χ1) is 7.89. The molecule has 0 N–H and O–H groups in total. The van der Waals surface area contributed by atoms with E-state index in [1.807, 2.05) is 6.26 Å². The van der Waals surface area contributed by atoms with Crippen LogP contribution in [0.5, 0.6) is 0 Å². The van der Waals surface area contributed by atoms with Gasteiger partial charge in [0, 0.05) is 5.39 Å². The normalized spacial score (nSPS) is 22.0. The Morgan fingerprint density at radius 2 is 1.88 bits per heavy atom. The molecule has 2 aromatic rings. The summed E-state index contributed by atoms with van der Waals surface area (Å²) in [5.74, 6) is 0. The van der Waals surface area contributed by atoms with E-state index in [0.29, 0.717) is 0 Å². The van der Waals surface area contributed by atoms with Crippen molar-refractivity contribution in [1.82, 2.24) is 0 Å². The van der Waals surface area contributed by atoms with Crippen molar-refractivity contribution in [2.45, 2.75) is 37.4 Å². The second-order valence-electron chi connectivity index (χ2n) is 5.41. The predicted molar refractivity (Wildman–Crippen MR) is 69.0 cm³/mol. The molecule has 2 aliphatic rings. The van der Waals surface area contributed by atoms with Crippen LogP contribution >= 0.6 is 0 Å². The van der Waals surface area contributed by atoms with Crippen molar-refractivity contribution in [1.29, 1.82) is 0 Å². The minimum absolute atomic E-state index is 1.02. The van der Waals surface area contributed by atoms with Crippen LogP contribution in [0.25, 0.3) is 11.0 Å². The molecule has 82 valence electrons. The minimum Gasteiger partial charge on any atom is -0.464 e. The molecule has 16 heavy (non-hydrogen) atoms. The van der Waals surface area contributed by atoms with Gasteiger partial charge in [-0.2, -0.15) is 0 Å². The first-order valence-electron chi connectivity index (χ1n) is 6.39. The van der Waals surface area contributed by atoms with E-state index in [2.05, 4.69) is 18.2 Å². The molecular formula is C14H16OSi. The van der Waals surface area contributed by atoms with E-state index in [-0.39, 0.29) is 0 Å². The van der Waals surface area contributed by atoms with Crippen molar-refractivity contribution in [3.05, 3.63) is 30.0 Å². The summed E-state index contributed by atoms with van der Waals surface area (Å²) in [6, 6.07) is 11.4. The molecule has 0 amide bonds. The SMILES string of the molecule is c1cc2c3c(ccc2o1)[Si]1(CCCC1)CC3. The van der Waals surface area contributed by atoms with Crippen molar-refractivity contribution in [3.8, 4) is 0 Å². The zero-order chi connectivity index (χ0) is 10.6. The van der Waals surface area contributed by atoms with Gasteiger partial charge in [-0.15, -0.1) is 0 Å². The zero-order valence-electron chi connectivity index (χ0n) is 9.46. The maximum Gasteiger partial charge on any atom is 0.134 e. The third-order valence-electron chi connectivity index (χ3n) is 4.73. The lowest BCUT2D eigenvalue weighted by molar-refractivity contribution is 0.616. The number of furan rings is 1. The predicted octanol–water partition coefficient (Wildman–Crippen LogP) is 3.44. The molecule has 2 aliphatic heterocycles. The highest BCUT2D eigenvalue weighted by Gasteiger charge is 2.43. The van der Waals surface area contributed by atoms with Gasteiger partial charge in [0.2, 0.25) is 0 Å². The fraction of sp³-hybridized carbons (Fsp3) is 0.429. The molecule has 1 nitrogen and oxygen atoms in total. The number of fused-ring (bicyclic) bond motifs is 4. The van der Waals surface area contributed by atoms with Crippen LogP contribution in [-0.4, -0.2) is 8.07 Å². The quantitative estimate of drug-likeness (QED) is 0.630. The average molecular weight is 228 g/mol. The van der Waals surface area contributed by atoms with Crippen LogP contribution < -0.4 is 5.19 Å². The van der Waals surface area contributed by atoms with Crippen LogP contribution in [0, 0.1) is 0 Å². The van der Waals surface area contributed by atoms with Gasteiger partial charge in [-0.1, -0.05) is 36.2 Å². The highest BCUT2D eigenvalue weighted by atomic mass is 28.3. The zero-order valence-corrected chi connectivity index (χ0v) is 10.5. The Morgan fingerprint density at radius 3 is 2.75 bits per heavy atom. The highest BCUT2D eigenvalue weighted by Crippen LogP contribution is 2.40. The van der Waals surface area contributed by atoms with Crippen molar-refractivity contribution >= 4 is 24.2 Å². The molecule has 1 fully saturated rings. The molecule has 1 spiro atoms. The van der Waals surface area contributed by atoms with E-state index in [0.717, 1.165) is 5.58 Å². The van der Waals surface area contributed by atoms with Gasteiger partial charge in [0.05, 0.1) is 14.3 Å². The maximum absolute atomic E-state index is 5.51. The lowest BCUT2D eigenvalue weighted by Gasteiger charge is -2.21. The van der Waals surface area contributed by atoms with E-state index >= 15 is 0 Å². The molecule has 1 aromatic heterocycles. The summed E-state index contributed by atoms with van der Waals surface area (Å²) in [4.78, 5) is 0. The summed E-state index contributed by atoms with van der Waals surface area (Å²) in [7, 11) is -1.02. The number of benzene rings is 1. The molecule has 1 aromatic carbocycles. The summed E-state index contributed by atoms with van der Waals surface area (Å²) in [6.07, 6.45) is 6.12. The van der Waals surface area contributed by atoms with Crippen LogP contribution in [0.3, 0.4) is 0 Å². The minimum atomic E-state index is -1.02. The molecule has 0 unspecified atom stereocenters. The summed E-state index contributed by atoms with van der Waals surface area (Å²) >= 11 is 0. The summed E-state index contributed by atoms with van der Waals surface area (Å²) in [6.45, 7) is 0. The topological polar surface area (TPSA) is 13.1 Å². The number of hydrogen-bond acceptors (Lipinski definition) is 1. The second kappa shape index (κ2) is 3.01. The summed E-state index contributed by atoms with van der Waals surface area (Å²) in [5.41, 5.74) is 2.72. The maximum atomic E-state index is 5.51. The van der Waals surface area contributed by atoms with Gasteiger partial charge in [-0.05, 0) is 30.2 Å². The fourth-order valence-corrected chi connectivity index (χ4v) is 9.42. The van der Waals surface area contributed by atoms with Crippen LogP contribution in [0.15, 0.2) is 28.9 Å². The average Bonchev–Trinajstić information content (AvgIpc) is 3.01. The number of rotatable bonds is 0. The standard InChI is InChI=1S/C14H16OSi/c1-2-9-16(8-1)10-6-12-11-5-7-15-13(11)3-4-14(12)16/h3-5,7H,1-2,6,8-10H2. The molecule has 2 heteroatoms. The molecule has 1 saturated heterocycles. The Balaban J connectivity index is 1.99. The second-order valence-corrected chi connectivity index (χ2v) is 10.0. The summed E-state index contributed by atoms with van der Waals surface area (Å²) in [5, 5.41) is 3.17. The largest absolute Gasteiger partial charge is 0.464 e. The van der Waals surface area contributed by atoms with E-state index in [9.17, 15) is 0 Å². The van der Waals surface area contributed by atoms with Crippen molar-refractivity contribution in [2.24, 2.45) is 0 Å². The van der Waals surface area contributed by atoms with Gasteiger partial charge in [0.15, 0.2) is 0 Å².